The number of nitrogen functional groups attached to an aromatic ring is 1. The fraction of sp³-hybridized carbons (Fsp3) is 0.417. The number of nitrogens with two attached hydrogens (primary N) is 2. The van der Waals surface area contributed by atoms with Crippen LogP contribution in [0.2, 0.25) is 0 Å². The third-order valence-corrected chi connectivity index (χ3v) is 3.92. The molecular weight excluding hydrogens is 310 g/mol. The lowest BCUT2D eigenvalue weighted by Gasteiger charge is -2.17. The number of aliphatic hydroxyl groups excluding tert-OH is 3. The monoisotopic (exact) mass is 325 g/mol. The Labute approximate surface area is 130 Å². The number of thiocarbonyl (C=S) groups is 1. The highest BCUT2D eigenvalue weighted by molar-refractivity contribution is 7.80. The van der Waals surface area contributed by atoms with Gasteiger partial charge in [-0.25, -0.2) is 9.97 Å². The van der Waals surface area contributed by atoms with Crippen LogP contribution < -0.4 is 11.5 Å². The normalized spacial score (nSPS) is 28.3. The van der Waals surface area contributed by atoms with Crippen molar-refractivity contribution >= 4 is 34.1 Å². The number of rotatable bonds is 3. The van der Waals surface area contributed by atoms with Crippen molar-refractivity contribution in [3.63, 3.8) is 0 Å². The Kier molecular flexibility index (Phi) is 3.70. The van der Waals surface area contributed by atoms with Crippen molar-refractivity contribution in [1.29, 1.82) is 0 Å². The van der Waals surface area contributed by atoms with Crippen molar-refractivity contribution < 1.29 is 20.1 Å². The maximum Gasteiger partial charge on any atom is 0.164 e. The van der Waals surface area contributed by atoms with Crippen LogP contribution in [0.3, 0.4) is 0 Å². The van der Waals surface area contributed by atoms with E-state index in [1.165, 1.54) is 10.9 Å². The first-order valence-electron chi connectivity index (χ1n) is 6.49. The lowest BCUT2D eigenvalue weighted by Crippen LogP contribution is -2.33. The molecule has 3 rings (SSSR count). The van der Waals surface area contributed by atoms with Gasteiger partial charge in [0.05, 0.1) is 12.0 Å². The maximum atomic E-state index is 10.1. The first-order valence-corrected chi connectivity index (χ1v) is 6.89. The molecule has 7 N–H and O–H groups in total. The molecule has 1 unspecified atom stereocenters. The molecule has 1 aliphatic heterocycles. The minimum absolute atomic E-state index is 0.0944. The molecule has 0 spiro atoms. The maximum absolute atomic E-state index is 10.1. The van der Waals surface area contributed by atoms with Crippen molar-refractivity contribution in [1.82, 2.24) is 14.5 Å². The molecule has 0 bridgehead atoms. The molecule has 1 saturated heterocycles. The number of aromatic nitrogens is 3. The number of anilines is 1. The van der Waals surface area contributed by atoms with Crippen LogP contribution in [0.5, 0.6) is 0 Å². The van der Waals surface area contributed by atoms with Crippen LogP contribution >= 0.6 is 12.2 Å². The highest BCUT2D eigenvalue weighted by Gasteiger charge is 2.44. The van der Waals surface area contributed by atoms with E-state index in [4.69, 9.17) is 28.4 Å². The highest BCUT2D eigenvalue weighted by Crippen LogP contribution is 2.34. The van der Waals surface area contributed by atoms with Crippen molar-refractivity contribution in [2.75, 3.05) is 12.3 Å². The average molecular weight is 325 g/mol. The van der Waals surface area contributed by atoms with Crippen LogP contribution in [0.1, 0.15) is 11.8 Å². The first-order chi connectivity index (χ1) is 10.5. The summed E-state index contributed by atoms with van der Waals surface area (Å²) in [6.07, 6.45) is -1.52. The molecule has 0 aromatic carbocycles. The molecule has 1 fully saturated rings. The number of hydrogen-bond acceptors (Lipinski definition) is 8. The van der Waals surface area contributed by atoms with Gasteiger partial charge in [0.1, 0.15) is 41.1 Å². The summed E-state index contributed by atoms with van der Waals surface area (Å²) in [4.78, 5) is 8.12. The molecule has 22 heavy (non-hydrogen) atoms. The average Bonchev–Trinajstić information content (AvgIpc) is 3.00. The highest BCUT2D eigenvalue weighted by atomic mass is 32.1. The quantitative estimate of drug-likeness (QED) is 0.414. The second-order valence-corrected chi connectivity index (χ2v) is 5.44. The van der Waals surface area contributed by atoms with Crippen molar-refractivity contribution in [2.24, 2.45) is 5.73 Å². The molecule has 10 heteroatoms. The van der Waals surface area contributed by atoms with Gasteiger partial charge in [-0.1, -0.05) is 12.2 Å². The van der Waals surface area contributed by atoms with Crippen LogP contribution in [0.25, 0.3) is 11.0 Å². The van der Waals surface area contributed by atoms with Gasteiger partial charge in [-0.15, -0.1) is 0 Å². The molecule has 4 atom stereocenters. The zero-order chi connectivity index (χ0) is 16.0. The fourth-order valence-electron chi connectivity index (χ4n) is 2.60. The summed E-state index contributed by atoms with van der Waals surface area (Å²) in [6.45, 7) is -0.423. The second-order valence-electron chi connectivity index (χ2n) is 5.00. The second kappa shape index (κ2) is 5.41. The van der Waals surface area contributed by atoms with Crippen LogP contribution in [0.4, 0.5) is 5.82 Å². The standard InChI is InChI=1S/C12H15N5O4S/c13-9-6-4(10(14)22)1-17(11(6)16-3-15-9)12-8(20)7(19)5(2-18)21-12/h1,3,5,7-8,12,18-20H,2H2,(H2,14,22)(H2,13,15,16)/t5-,7-,8-,12?/m1/s1. The Morgan fingerprint density at radius 1 is 1.36 bits per heavy atom. The van der Waals surface area contributed by atoms with Gasteiger partial charge < -0.3 is 36.1 Å². The van der Waals surface area contributed by atoms with Gasteiger partial charge in [0, 0.05) is 11.8 Å². The largest absolute Gasteiger partial charge is 0.394 e. The topological polar surface area (TPSA) is 153 Å². The van der Waals surface area contributed by atoms with E-state index in [1.54, 1.807) is 6.20 Å². The number of nitrogens with zero attached hydrogens (tertiary/aromatic N) is 3. The van der Waals surface area contributed by atoms with Gasteiger partial charge in [0.25, 0.3) is 0 Å². The Hall–Kier alpha value is -1.85. The molecular formula is C12H15N5O4S. The molecule has 9 nitrogen and oxygen atoms in total. The number of ether oxygens (including phenoxy) is 1. The van der Waals surface area contributed by atoms with E-state index in [1.807, 2.05) is 0 Å². The summed E-state index contributed by atoms with van der Waals surface area (Å²) in [5.74, 6) is 0.193. The van der Waals surface area contributed by atoms with Gasteiger partial charge in [-0.2, -0.15) is 0 Å². The van der Waals surface area contributed by atoms with E-state index in [2.05, 4.69) is 9.97 Å². The Bertz CT molecular complexity index is 736. The Morgan fingerprint density at radius 3 is 2.68 bits per heavy atom. The summed E-state index contributed by atoms with van der Waals surface area (Å²) in [5.41, 5.74) is 12.4. The SMILES string of the molecule is NC(=S)c1cn(C2O[C@H](CO)[C@@H](O)[C@H]2O)c2ncnc(N)c12. The van der Waals surface area contributed by atoms with Gasteiger partial charge in [0.2, 0.25) is 0 Å². The summed E-state index contributed by atoms with van der Waals surface area (Å²) < 4.78 is 6.97. The fourth-order valence-corrected chi connectivity index (χ4v) is 2.75. The molecule has 118 valence electrons. The lowest BCUT2D eigenvalue weighted by atomic mass is 10.1. The predicted molar refractivity (Wildman–Crippen MR) is 80.8 cm³/mol. The van der Waals surface area contributed by atoms with Crippen LogP contribution in [-0.4, -0.2) is 59.8 Å². The zero-order valence-electron chi connectivity index (χ0n) is 11.3. The molecule has 3 heterocycles. The zero-order valence-corrected chi connectivity index (χ0v) is 12.1. The minimum atomic E-state index is -1.25. The van der Waals surface area contributed by atoms with Gasteiger partial charge in [-0.3, -0.25) is 0 Å². The predicted octanol–water partition coefficient (Wildman–Crippen LogP) is -1.74. The summed E-state index contributed by atoms with van der Waals surface area (Å²) in [6, 6.07) is 0. The lowest BCUT2D eigenvalue weighted by molar-refractivity contribution is -0.0508. The van der Waals surface area contributed by atoms with E-state index in [0.717, 1.165) is 0 Å². The molecule has 2 aromatic heterocycles. The van der Waals surface area contributed by atoms with Gasteiger partial charge in [-0.05, 0) is 0 Å². The van der Waals surface area contributed by atoms with Crippen molar-refractivity contribution in [3.05, 3.63) is 18.1 Å². The van der Waals surface area contributed by atoms with E-state index in [0.29, 0.717) is 16.6 Å². The number of aliphatic hydroxyl groups is 3. The van der Waals surface area contributed by atoms with Gasteiger partial charge in [0.15, 0.2) is 6.23 Å². The number of fused-ring (bicyclic) bond motifs is 1. The first kappa shape index (κ1) is 15.1. The molecule has 1 aliphatic rings. The van der Waals surface area contributed by atoms with Crippen LogP contribution in [-0.2, 0) is 4.74 Å². The Morgan fingerprint density at radius 2 is 2.09 bits per heavy atom. The van der Waals surface area contributed by atoms with E-state index >= 15 is 0 Å². The molecule has 0 amide bonds. The van der Waals surface area contributed by atoms with Gasteiger partial charge >= 0.3 is 0 Å². The van der Waals surface area contributed by atoms with Crippen molar-refractivity contribution in [3.8, 4) is 0 Å². The summed E-state index contributed by atoms with van der Waals surface area (Å²) in [5, 5.41) is 29.6. The smallest absolute Gasteiger partial charge is 0.164 e. The summed E-state index contributed by atoms with van der Waals surface area (Å²) in [7, 11) is 0. The molecule has 0 radical (unpaired) electrons. The third kappa shape index (κ3) is 2.12. The van der Waals surface area contributed by atoms with E-state index < -0.39 is 31.1 Å². The molecule has 0 saturated carbocycles. The van der Waals surface area contributed by atoms with Crippen LogP contribution in [0.15, 0.2) is 12.5 Å². The molecule has 2 aromatic rings. The third-order valence-electron chi connectivity index (χ3n) is 3.70. The summed E-state index contributed by atoms with van der Waals surface area (Å²) >= 11 is 5.00. The van der Waals surface area contributed by atoms with E-state index in [9.17, 15) is 15.3 Å². The van der Waals surface area contributed by atoms with Crippen LogP contribution in [0, 0.1) is 0 Å². The minimum Gasteiger partial charge on any atom is -0.394 e. The molecule has 0 aliphatic carbocycles. The van der Waals surface area contributed by atoms with Crippen molar-refractivity contribution in [2.45, 2.75) is 24.5 Å². The van der Waals surface area contributed by atoms with E-state index in [-0.39, 0.29) is 10.8 Å². The number of hydrogen-bond donors (Lipinski definition) is 5. The Balaban J connectivity index is 2.16.